The lowest BCUT2D eigenvalue weighted by molar-refractivity contribution is 0.0886. The minimum Gasteiger partial charge on any atom is -0.383 e. The van der Waals surface area contributed by atoms with Gasteiger partial charge in [-0.2, -0.15) is 0 Å². The molecule has 0 spiro atoms. The van der Waals surface area contributed by atoms with Gasteiger partial charge in [0.05, 0.1) is 16.6 Å². The van der Waals surface area contributed by atoms with Gasteiger partial charge in [-0.05, 0) is 26.0 Å². The maximum atomic E-state index is 12.8. The van der Waals surface area contributed by atoms with Crippen molar-refractivity contribution < 1.29 is 4.79 Å². The number of nitrogen functional groups attached to an aromatic ring is 1. The van der Waals surface area contributed by atoms with Crippen molar-refractivity contribution in [2.45, 2.75) is 13.8 Å². The molecule has 6 nitrogen and oxygen atoms in total. The van der Waals surface area contributed by atoms with E-state index in [0.717, 1.165) is 11.3 Å². The van der Waals surface area contributed by atoms with E-state index in [1.165, 1.54) is 28.9 Å². The van der Waals surface area contributed by atoms with E-state index >= 15 is 0 Å². The molecular weight excluding hydrogens is 322 g/mol. The van der Waals surface area contributed by atoms with Gasteiger partial charge >= 0.3 is 0 Å². The highest BCUT2D eigenvalue weighted by atomic mass is 32.1. The quantitative estimate of drug-likeness (QED) is 0.513. The number of hydrogen-bond donors (Lipinski definition) is 1. The summed E-state index contributed by atoms with van der Waals surface area (Å²) in [6.07, 6.45) is 8.36. The second-order valence-electron chi connectivity index (χ2n) is 5.06. The molecule has 2 aromatic heterocycles. The Morgan fingerprint density at radius 3 is 2.75 bits per heavy atom. The molecular formula is C17H19N5OS. The van der Waals surface area contributed by atoms with Gasteiger partial charge < -0.3 is 5.73 Å². The summed E-state index contributed by atoms with van der Waals surface area (Å²) in [6, 6.07) is 1.71. The van der Waals surface area contributed by atoms with E-state index in [0.29, 0.717) is 20.9 Å². The largest absolute Gasteiger partial charge is 0.383 e. The average Bonchev–Trinajstić information content (AvgIpc) is 3.02. The Hall–Kier alpha value is -2.80. The van der Waals surface area contributed by atoms with Crippen LogP contribution in [0.3, 0.4) is 0 Å². The van der Waals surface area contributed by atoms with Crippen LogP contribution in [0, 0.1) is 0 Å². The van der Waals surface area contributed by atoms with Gasteiger partial charge in [0.15, 0.2) is 0 Å². The van der Waals surface area contributed by atoms with Crippen molar-refractivity contribution in [1.82, 2.24) is 14.9 Å². The number of rotatable bonds is 5. The van der Waals surface area contributed by atoms with E-state index in [-0.39, 0.29) is 5.91 Å². The smallest absolute Gasteiger partial charge is 0.273 e. The van der Waals surface area contributed by atoms with Crippen LogP contribution in [-0.2, 0) is 0 Å². The standard InChI is InChI=1S/C17H19N5OS/c1-5-11(2)6-7-12(3)22(10-19-4)17(23)14-8-13-15(18)20-9-21-16(13)24-14/h5-10H,1H2,2-4H3,(H2,18,20,21)/b11-6-,12-7+,19-10?. The molecule has 0 saturated heterocycles. The average molecular weight is 341 g/mol. The molecule has 0 fully saturated rings. The second kappa shape index (κ2) is 7.65. The highest BCUT2D eigenvalue weighted by molar-refractivity contribution is 7.20. The third kappa shape index (κ3) is 3.75. The number of nitrogens with two attached hydrogens (primary N) is 1. The Morgan fingerprint density at radius 2 is 2.12 bits per heavy atom. The summed E-state index contributed by atoms with van der Waals surface area (Å²) in [5.74, 6) is 0.171. The van der Waals surface area contributed by atoms with Crippen molar-refractivity contribution in [2.24, 2.45) is 4.99 Å². The van der Waals surface area contributed by atoms with Crippen LogP contribution in [0.1, 0.15) is 23.5 Å². The van der Waals surface area contributed by atoms with Gasteiger partial charge in [0, 0.05) is 12.7 Å². The van der Waals surface area contributed by atoms with Crippen LogP contribution >= 0.6 is 11.3 Å². The molecule has 0 radical (unpaired) electrons. The topological polar surface area (TPSA) is 84.5 Å². The van der Waals surface area contributed by atoms with Crippen LogP contribution in [-0.4, -0.2) is 34.2 Å². The van der Waals surface area contributed by atoms with Crippen LogP contribution < -0.4 is 5.73 Å². The molecule has 0 saturated carbocycles. The van der Waals surface area contributed by atoms with Crippen molar-refractivity contribution >= 4 is 39.6 Å². The number of amides is 1. The summed E-state index contributed by atoms with van der Waals surface area (Å²) in [5, 5.41) is 0.684. The molecule has 0 aliphatic carbocycles. The highest BCUT2D eigenvalue weighted by Gasteiger charge is 2.19. The van der Waals surface area contributed by atoms with Gasteiger partial charge in [0.2, 0.25) is 0 Å². The number of nitrogens with zero attached hydrogens (tertiary/aromatic N) is 4. The van der Waals surface area contributed by atoms with E-state index in [1.54, 1.807) is 19.2 Å². The zero-order chi connectivity index (χ0) is 17.7. The lowest BCUT2D eigenvalue weighted by Gasteiger charge is -2.16. The van der Waals surface area contributed by atoms with Crippen LogP contribution in [0.2, 0.25) is 0 Å². The molecule has 2 heterocycles. The number of carbonyl (C=O) groups excluding carboxylic acids is 1. The normalized spacial score (nSPS) is 12.8. The Balaban J connectivity index is 2.41. The zero-order valence-corrected chi connectivity index (χ0v) is 14.7. The Morgan fingerprint density at radius 1 is 1.38 bits per heavy atom. The molecule has 0 aliphatic heterocycles. The van der Waals surface area contributed by atoms with Crippen molar-refractivity contribution in [3.8, 4) is 0 Å². The van der Waals surface area contributed by atoms with E-state index in [2.05, 4.69) is 21.5 Å². The van der Waals surface area contributed by atoms with E-state index in [4.69, 9.17) is 5.73 Å². The molecule has 0 atom stereocenters. The van der Waals surface area contributed by atoms with Crippen molar-refractivity contribution in [1.29, 1.82) is 0 Å². The van der Waals surface area contributed by atoms with Gasteiger partial charge in [-0.3, -0.25) is 14.7 Å². The first-order valence-electron chi connectivity index (χ1n) is 7.21. The van der Waals surface area contributed by atoms with Gasteiger partial charge in [-0.25, -0.2) is 9.97 Å². The third-order valence-corrected chi connectivity index (χ3v) is 4.34. The molecule has 2 aromatic rings. The predicted molar refractivity (Wildman–Crippen MR) is 100 cm³/mol. The number of thiophene rings is 1. The molecule has 124 valence electrons. The molecule has 1 amide bonds. The lowest BCUT2D eigenvalue weighted by Crippen LogP contribution is -2.27. The predicted octanol–water partition coefficient (Wildman–Crippen LogP) is 3.41. The van der Waals surface area contributed by atoms with Crippen LogP contribution in [0.25, 0.3) is 10.2 Å². The first-order valence-corrected chi connectivity index (χ1v) is 8.03. The molecule has 0 aromatic carbocycles. The molecule has 2 rings (SSSR count). The zero-order valence-electron chi connectivity index (χ0n) is 13.9. The number of allylic oxidation sites excluding steroid dienone is 5. The van der Waals surface area contributed by atoms with Crippen molar-refractivity contribution in [3.63, 3.8) is 0 Å². The van der Waals surface area contributed by atoms with Crippen molar-refractivity contribution in [2.75, 3.05) is 12.8 Å². The van der Waals surface area contributed by atoms with Crippen molar-refractivity contribution in [3.05, 3.63) is 53.3 Å². The number of aliphatic imine (C=N–C) groups is 1. The Kier molecular flexibility index (Phi) is 5.59. The van der Waals surface area contributed by atoms with Crippen LogP contribution in [0.5, 0.6) is 0 Å². The number of hydrogen-bond acceptors (Lipinski definition) is 6. The summed E-state index contributed by atoms with van der Waals surface area (Å²) < 4.78 is 0. The maximum absolute atomic E-state index is 12.8. The first kappa shape index (κ1) is 17.6. The number of fused-ring (bicyclic) bond motifs is 1. The Bertz CT molecular complexity index is 863. The van der Waals surface area contributed by atoms with Gasteiger partial charge in [0.1, 0.15) is 17.0 Å². The van der Waals surface area contributed by atoms with Crippen LogP contribution in [0.15, 0.2) is 53.5 Å². The summed E-state index contributed by atoms with van der Waals surface area (Å²) in [6.45, 7) is 7.48. The maximum Gasteiger partial charge on any atom is 0.273 e. The van der Waals surface area contributed by atoms with Gasteiger partial charge in [0.25, 0.3) is 5.91 Å². The molecule has 0 bridgehead atoms. The van der Waals surface area contributed by atoms with E-state index in [9.17, 15) is 4.79 Å². The lowest BCUT2D eigenvalue weighted by atomic mass is 10.2. The number of anilines is 1. The molecule has 7 heteroatoms. The van der Waals surface area contributed by atoms with Crippen LogP contribution in [0.4, 0.5) is 5.82 Å². The minimum absolute atomic E-state index is 0.193. The fourth-order valence-corrected chi connectivity index (χ4v) is 2.86. The first-order chi connectivity index (χ1) is 11.5. The van der Waals surface area contributed by atoms with E-state index < -0.39 is 0 Å². The SMILES string of the molecule is C=C/C(C)=C\C=C(/C)N(C=NC)C(=O)c1cc2c(N)ncnc2s1. The van der Waals surface area contributed by atoms with Gasteiger partial charge in [-0.1, -0.05) is 24.3 Å². The number of aromatic nitrogens is 2. The summed E-state index contributed by atoms with van der Waals surface area (Å²) >= 11 is 1.28. The molecule has 0 unspecified atom stereocenters. The number of carbonyl (C=O) groups is 1. The molecule has 0 aliphatic rings. The van der Waals surface area contributed by atoms with E-state index in [1.807, 2.05) is 26.0 Å². The monoisotopic (exact) mass is 341 g/mol. The molecule has 24 heavy (non-hydrogen) atoms. The Labute approximate surface area is 144 Å². The summed E-state index contributed by atoms with van der Waals surface area (Å²) in [5.41, 5.74) is 7.58. The molecule has 2 N–H and O–H groups in total. The fourth-order valence-electron chi connectivity index (χ4n) is 1.92. The fraction of sp³-hybridized carbons (Fsp3) is 0.176. The summed E-state index contributed by atoms with van der Waals surface area (Å²) in [7, 11) is 1.62. The third-order valence-electron chi connectivity index (χ3n) is 3.31. The second-order valence-corrected chi connectivity index (χ2v) is 6.09. The summed E-state index contributed by atoms with van der Waals surface area (Å²) in [4.78, 5) is 27.6. The van der Waals surface area contributed by atoms with Gasteiger partial charge in [-0.15, -0.1) is 11.3 Å². The highest BCUT2D eigenvalue weighted by Crippen LogP contribution is 2.28. The minimum atomic E-state index is -0.193.